The molecule has 0 rings (SSSR count). The first-order valence-corrected chi connectivity index (χ1v) is 15.6. The molecule has 0 saturated heterocycles. The summed E-state index contributed by atoms with van der Waals surface area (Å²) in [5.41, 5.74) is 0. The summed E-state index contributed by atoms with van der Waals surface area (Å²) in [6.07, 6.45) is 28.6. The molecule has 0 amide bonds. The third-order valence-electron chi connectivity index (χ3n) is 6.78. The first-order valence-electron chi connectivity index (χ1n) is 14.0. The van der Waals surface area contributed by atoms with E-state index in [4.69, 9.17) is 4.55 Å². The van der Waals surface area contributed by atoms with Crippen LogP contribution in [0.5, 0.6) is 0 Å². The number of hydrogen-bond acceptors (Lipinski definition) is 3. The van der Waals surface area contributed by atoms with Crippen LogP contribution in [-0.4, -0.2) is 55.9 Å². The molecule has 202 valence electrons. The van der Waals surface area contributed by atoms with E-state index in [0.717, 1.165) is 17.6 Å². The van der Waals surface area contributed by atoms with Gasteiger partial charge in [0.05, 0.1) is 32.9 Å². The lowest BCUT2D eigenvalue weighted by molar-refractivity contribution is -0.890. The maximum atomic E-state index is 10.8. The Kier molecular flexibility index (Phi) is 25.0. The molecule has 0 unspecified atom stereocenters. The Morgan fingerprint density at radius 1 is 0.515 bits per heavy atom. The molecule has 0 heterocycles. The normalized spacial score (nSPS) is 12.1. The van der Waals surface area contributed by atoms with Crippen LogP contribution in [0.3, 0.4) is 0 Å². The number of nitrogens with zero attached hydrogens (tertiary/aromatic N) is 1. The van der Waals surface area contributed by atoms with Crippen LogP contribution in [0.15, 0.2) is 0 Å². The summed E-state index contributed by atoms with van der Waals surface area (Å²) in [5, 5.41) is 0. The third-order valence-corrected chi connectivity index (χ3v) is 7.59. The molecule has 0 fully saturated rings. The van der Waals surface area contributed by atoms with Gasteiger partial charge in [-0.1, -0.05) is 122 Å². The molecule has 0 aliphatic heterocycles. The molecule has 0 spiro atoms. The highest BCUT2D eigenvalue weighted by Crippen LogP contribution is 2.15. The second-order valence-electron chi connectivity index (χ2n) is 10.7. The van der Waals surface area contributed by atoms with Crippen molar-refractivity contribution >= 4 is 10.1 Å². The third kappa shape index (κ3) is 29.8. The van der Waals surface area contributed by atoms with Crippen molar-refractivity contribution in [1.82, 2.24) is 0 Å². The monoisotopic (exact) mass is 493 g/mol. The minimum Gasteiger partial charge on any atom is -0.870 e. The van der Waals surface area contributed by atoms with Gasteiger partial charge in [-0.05, 0) is 12.8 Å². The average molecular weight is 494 g/mol. The average Bonchev–Trinajstić information content (AvgIpc) is 2.71. The van der Waals surface area contributed by atoms with Crippen LogP contribution in [0, 0.1) is 0 Å². The number of unbranched alkanes of at least 4 members (excludes halogenated alkanes) is 19. The molecule has 0 radical (unpaired) electrons. The minimum absolute atomic E-state index is 0. The Morgan fingerprint density at radius 3 is 1.09 bits per heavy atom. The molecule has 0 aliphatic carbocycles. The van der Waals surface area contributed by atoms with Gasteiger partial charge in [0.2, 0.25) is 0 Å². The molecule has 5 nitrogen and oxygen atoms in total. The van der Waals surface area contributed by atoms with Crippen LogP contribution in [0.4, 0.5) is 0 Å². The molecule has 0 aromatic carbocycles. The zero-order valence-corrected chi connectivity index (χ0v) is 23.4. The fraction of sp³-hybridized carbons (Fsp3) is 1.00. The van der Waals surface area contributed by atoms with E-state index in [0.29, 0.717) is 6.42 Å². The first-order chi connectivity index (χ1) is 15.3. The Labute approximate surface area is 207 Å². The van der Waals surface area contributed by atoms with E-state index in [1.165, 1.54) is 128 Å². The predicted octanol–water partition coefficient (Wildman–Crippen LogP) is 7.99. The van der Waals surface area contributed by atoms with Crippen molar-refractivity contribution in [1.29, 1.82) is 0 Å². The van der Waals surface area contributed by atoms with Gasteiger partial charge in [-0.3, -0.25) is 4.55 Å². The van der Waals surface area contributed by atoms with Crippen LogP contribution in [0.2, 0.25) is 0 Å². The van der Waals surface area contributed by atoms with Gasteiger partial charge < -0.3 is 9.96 Å². The van der Waals surface area contributed by atoms with Crippen molar-refractivity contribution < 1.29 is 22.9 Å². The van der Waals surface area contributed by atoms with E-state index in [1.54, 1.807) is 0 Å². The van der Waals surface area contributed by atoms with Crippen molar-refractivity contribution in [2.24, 2.45) is 0 Å². The van der Waals surface area contributed by atoms with E-state index < -0.39 is 10.1 Å². The van der Waals surface area contributed by atoms with Gasteiger partial charge >= 0.3 is 0 Å². The fourth-order valence-electron chi connectivity index (χ4n) is 4.58. The van der Waals surface area contributed by atoms with Crippen LogP contribution in [-0.2, 0) is 10.1 Å². The smallest absolute Gasteiger partial charge is 0.265 e. The van der Waals surface area contributed by atoms with Gasteiger partial charge in [0, 0.05) is 6.42 Å². The summed E-state index contributed by atoms with van der Waals surface area (Å²) in [7, 11) is 0.493. The number of hydrogen-bond donors (Lipinski definition) is 1. The van der Waals surface area contributed by atoms with E-state index in [-0.39, 0.29) is 11.2 Å². The van der Waals surface area contributed by atoms with Crippen LogP contribution in [0.1, 0.15) is 142 Å². The molecular formula is C27H59NO4S. The lowest BCUT2D eigenvalue weighted by Gasteiger charge is -2.29. The van der Waals surface area contributed by atoms with Gasteiger partial charge in [-0.25, -0.2) is 0 Å². The molecule has 0 atom stereocenters. The van der Waals surface area contributed by atoms with Crippen molar-refractivity contribution in [3.63, 3.8) is 0 Å². The molecular weight excluding hydrogens is 434 g/mol. The maximum absolute atomic E-state index is 10.8. The SMILES string of the molecule is CCCCCCCCCCCCCCCCCCCCCC[N+](C)(C)CCCS(=O)(=O)O.[OH-]. The first kappa shape index (κ1) is 35.0. The largest absolute Gasteiger partial charge is 0.870 e. The lowest BCUT2D eigenvalue weighted by atomic mass is 10.0. The fourth-order valence-corrected chi connectivity index (χ4v) is 5.08. The van der Waals surface area contributed by atoms with Crippen molar-refractivity contribution in [2.45, 2.75) is 142 Å². The topological polar surface area (TPSA) is 84.4 Å². The van der Waals surface area contributed by atoms with Crippen molar-refractivity contribution in [2.75, 3.05) is 32.9 Å². The second-order valence-corrected chi connectivity index (χ2v) is 12.3. The summed E-state index contributed by atoms with van der Waals surface area (Å²) < 4.78 is 31.3. The summed E-state index contributed by atoms with van der Waals surface area (Å²) >= 11 is 0. The molecule has 0 saturated carbocycles. The Bertz CT molecular complexity index is 494. The Balaban J connectivity index is 0. The van der Waals surface area contributed by atoms with Gasteiger partial charge in [0.25, 0.3) is 10.1 Å². The van der Waals surface area contributed by atoms with E-state index in [2.05, 4.69) is 21.0 Å². The van der Waals surface area contributed by atoms with Gasteiger partial charge in [-0.2, -0.15) is 8.42 Å². The van der Waals surface area contributed by atoms with E-state index >= 15 is 0 Å². The molecule has 2 N–H and O–H groups in total. The van der Waals surface area contributed by atoms with Gasteiger partial charge in [0.15, 0.2) is 0 Å². The Morgan fingerprint density at radius 2 is 0.788 bits per heavy atom. The summed E-state index contributed by atoms with van der Waals surface area (Å²) in [5.74, 6) is -0.117. The summed E-state index contributed by atoms with van der Waals surface area (Å²) in [6.45, 7) is 4.18. The highest BCUT2D eigenvalue weighted by Gasteiger charge is 2.16. The number of rotatable bonds is 25. The highest BCUT2D eigenvalue weighted by atomic mass is 32.2. The molecule has 0 aliphatic rings. The predicted molar refractivity (Wildman–Crippen MR) is 143 cm³/mol. The molecule has 0 aromatic rings. The molecule has 33 heavy (non-hydrogen) atoms. The zero-order valence-electron chi connectivity index (χ0n) is 22.5. The standard InChI is InChI=1S/C27H57NO3S.H2O/c1-4-5-6-7-8-9-10-11-12-13-14-15-16-17-18-19-20-21-22-23-25-28(2,3)26-24-27-32(29,30)31;/h4-27H2,1-3H3;1H2. The quantitative estimate of drug-likeness (QED) is 0.0793. The van der Waals surface area contributed by atoms with Crippen molar-refractivity contribution in [3.05, 3.63) is 0 Å². The van der Waals surface area contributed by atoms with Crippen molar-refractivity contribution in [3.8, 4) is 0 Å². The summed E-state index contributed by atoms with van der Waals surface area (Å²) in [4.78, 5) is 0. The van der Waals surface area contributed by atoms with Crippen LogP contribution in [0.25, 0.3) is 0 Å². The highest BCUT2D eigenvalue weighted by molar-refractivity contribution is 7.85. The minimum atomic E-state index is -3.81. The lowest BCUT2D eigenvalue weighted by Crippen LogP contribution is -2.41. The van der Waals surface area contributed by atoms with Gasteiger partial charge in [-0.15, -0.1) is 0 Å². The van der Waals surface area contributed by atoms with E-state index in [1.807, 2.05) is 0 Å². The Hall–Kier alpha value is -0.170. The molecule has 6 heteroatoms. The zero-order chi connectivity index (χ0) is 24.0. The maximum Gasteiger partial charge on any atom is 0.265 e. The number of quaternary nitrogens is 1. The van der Waals surface area contributed by atoms with Crippen LogP contribution < -0.4 is 0 Å². The summed E-state index contributed by atoms with van der Waals surface area (Å²) in [6, 6.07) is 0. The molecule has 0 bridgehead atoms. The van der Waals surface area contributed by atoms with Crippen LogP contribution >= 0.6 is 0 Å². The van der Waals surface area contributed by atoms with E-state index in [9.17, 15) is 8.42 Å². The van der Waals surface area contributed by atoms with Gasteiger partial charge in [0.1, 0.15) is 0 Å². The second kappa shape index (κ2) is 23.6. The molecule has 0 aromatic heterocycles.